The Hall–Kier alpha value is -0.460. The van der Waals surface area contributed by atoms with Crippen LogP contribution in [0, 0.1) is 5.92 Å². The molecule has 0 rings (SSSR count). The van der Waals surface area contributed by atoms with Crippen molar-refractivity contribution in [3.05, 3.63) is 0 Å². The molecule has 0 spiro atoms. The van der Waals surface area contributed by atoms with Crippen molar-refractivity contribution in [1.82, 2.24) is 0 Å². The average Bonchev–Trinajstić information content (AvgIpc) is 1.86. The van der Waals surface area contributed by atoms with Gasteiger partial charge in [-0.15, -0.1) is 0 Å². The van der Waals surface area contributed by atoms with Gasteiger partial charge in [-0.25, -0.2) is 0 Å². The summed E-state index contributed by atoms with van der Waals surface area (Å²) in [5.41, 5.74) is 0. The largest absolute Gasteiger partial charge is 0.394 e. The van der Waals surface area contributed by atoms with Crippen molar-refractivity contribution < 1.29 is 31.7 Å². The van der Waals surface area contributed by atoms with Crippen LogP contribution in [0.25, 0.3) is 0 Å². The summed E-state index contributed by atoms with van der Waals surface area (Å²) in [6.45, 7) is -0.524. The van der Waals surface area contributed by atoms with Gasteiger partial charge in [-0.05, 0) is 4.53 Å². The molecule has 0 saturated carbocycles. The normalized spacial score (nSPS) is 12.2. The van der Waals surface area contributed by atoms with Gasteiger partial charge >= 0.3 is 6.18 Å². The van der Waals surface area contributed by atoms with Crippen LogP contribution >= 0.6 is 0 Å². The molecule has 0 aromatic carbocycles. The molecule has 0 bridgehead atoms. The summed E-state index contributed by atoms with van der Waals surface area (Å²) >= 11 is 0. The minimum Gasteiger partial charge on any atom is -0.269 e. The van der Waals surface area contributed by atoms with Crippen molar-refractivity contribution in [2.75, 3.05) is 13.8 Å². The summed E-state index contributed by atoms with van der Waals surface area (Å²) in [6, 6.07) is 0. The van der Waals surface area contributed by atoms with Gasteiger partial charge in [-0.1, -0.05) is 6.92 Å². The van der Waals surface area contributed by atoms with Gasteiger partial charge in [-0.2, -0.15) is 18.1 Å². The molecular weight excluding hydrogens is 190 g/mol. The Balaban J connectivity index is -0.000000177. The molecule has 0 saturated heterocycles. The van der Waals surface area contributed by atoms with Crippen LogP contribution < -0.4 is 0 Å². The van der Waals surface area contributed by atoms with Crippen LogP contribution in [-0.2, 0) is 4.94 Å². The van der Waals surface area contributed by atoms with E-state index in [0.29, 0.717) is 0 Å². The SMILES string of the molecule is CC(CF)C(F)(F)F.COF.F. The quantitative estimate of drug-likeness (QED) is 0.591. The molecule has 0 fully saturated rings. The van der Waals surface area contributed by atoms with Crippen LogP contribution in [0.1, 0.15) is 6.92 Å². The Morgan fingerprint density at radius 1 is 1.33 bits per heavy atom. The molecule has 0 aromatic rings. The van der Waals surface area contributed by atoms with E-state index in [1.54, 1.807) is 0 Å². The number of rotatable bonds is 1. The van der Waals surface area contributed by atoms with Crippen LogP contribution in [0.5, 0.6) is 0 Å². The molecule has 12 heavy (non-hydrogen) atoms. The highest BCUT2D eigenvalue weighted by Gasteiger charge is 2.35. The van der Waals surface area contributed by atoms with Crippen molar-refractivity contribution in [3.8, 4) is 0 Å². The lowest BCUT2D eigenvalue weighted by molar-refractivity contribution is -0.172. The fourth-order valence-electron chi connectivity index (χ4n) is 0.0875. The number of hydrogen-bond donors (Lipinski definition) is 0. The minimum absolute atomic E-state index is 0. The zero-order chi connectivity index (χ0) is 9.49. The Labute approximate surface area is 65.8 Å². The van der Waals surface area contributed by atoms with Crippen LogP contribution in [-0.4, -0.2) is 20.0 Å². The highest BCUT2D eigenvalue weighted by atomic mass is 19.4. The van der Waals surface area contributed by atoms with Gasteiger partial charge in [0.15, 0.2) is 0 Å². The lowest BCUT2D eigenvalue weighted by Gasteiger charge is -2.09. The van der Waals surface area contributed by atoms with Crippen LogP contribution in [0.2, 0.25) is 0 Å². The first-order valence-corrected chi connectivity index (χ1v) is 2.67. The molecule has 0 aliphatic heterocycles. The Bertz CT molecular complexity index is 82.5. The van der Waals surface area contributed by atoms with E-state index >= 15 is 0 Å². The van der Waals surface area contributed by atoms with Crippen molar-refractivity contribution in [2.24, 2.45) is 5.92 Å². The fourth-order valence-corrected chi connectivity index (χ4v) is 0.0875. The van der Waals surface area contributed by atoms with E-state index in [2.05, 4.69) is 4.94 Å². The van der Waals surface area contributed by atoms with Crippen molar-refractivity contribution in [3.63, 3.8) is 0 Å². The number of alkyl halides is 4. The Morgan fingerprint density at radius 2 is 1.58 bits per heavy atom. The summed E-state index contributed by atoms with van der Waals surface area (Å²) in [4.78, 5) is 2.75. The second-order valence-electron chi connectivity index (χ2n) is 1.75. The van der Waals surface area contributed by atoms with Crippen molar-refractivity contribution in [1.29, 1.82) is 0 Å². The second-order valence-corrected chi connectivity index (χ2v) is 1.75. The van der Waals surface area contributed by atoms with Crippen LogP contribution in [0.4, 0.5) is 26.8 Å². The van der Waals surface area contributed by atoms with Crippen molar-refractivity contribution in [2.45, 2.75) is 13.1 Å². The molecular formula is C5H10F6O. The first kappa shape index (κ1) is 17.6. The molecule has 78 valence electrons. The number of hydrogen-bond acceptors (Lipinski definition) is 1. The fraction of sp³-hybridized carbons (Fsp3) is 1.00. The third kappa shape index (κ3) is 12.2. The average molecular weight is 200 g/mol. The lowest BCUT2D eigenvalue weighted by atomic mass is 10.2. The van der Waals surface area contributed by atoms with Gasteiger partial charge in [0.2, 0.25) is 0 Å². The third-order valence-electron chi connectivity index (χ3n) is 0.790. The molecule has 0 heterocycles. The van der Waals surface area contributed by atoms with Gasteiger partial charge in [0, 0.05) is 0 Å². The molecule has 0 N–H and O–H groups in total. The van der Waals surface area contributed by atoms with Crippen LogP contribution in [0.3, 0.4) is 0 Å². The van der Waals surface area contributed by atoms with Gasteiger partial charge in [0.05, 0.1) is 13.0 Å². The van der Waals surface area contributed by atoms with E-state index in [0.717, 1.165) is 14.0 Å². The highest BCUT2D eigenvalue weighted by molar-refractivity contribution is 4.58. The zero-order valence-electron chi connectivity index (χ0n) is 6.49. The monoisotopic (exact) mass is 200 g/mol. The topological polar surface area (TPSA) is 9.23 Å². The molecule has 0 aliphatic carbocycles. The lowest BCUT2D eigenvalue weighted by Crippen LogP contribution is -2.21. The maximum Gasteiger partial charge on any atom is 0.394 e. The van der Waals surface area contributed by atoms with E-state index in [9.17, 15) is 22.1 Å². The summed E-state index contributed by atoms with van der Waals surface area (Å²) in [5, 5.41) is 0. The van der Waals surface area contributed by atoms with Crippen LogP contribution in [0.15, 0.2) is 0 Å². The molecule has 0 amide bonds. The second kappa shape index (κ2) is 8.63. The molecule has 0 aromatic heterocycles. The van der Waals surface area contributed by atoms with E-state index in [-0.39, 0.29) is 4.70 Å². The summed E-state index contributed by atoms with van der Waals surface area (Å²) in [5.74, 6) is -1.82. The standard InChI is InChI=1S/C4H6F4.CH3FO.FH/c1-3(2-5)4(6,7)8;1-3-2;/h3H,2H2,1H3;1H3;1H. The molecule has 0 radical (unpaired) electrons. The molecule has 7 heteroatoms. The summed E-state index contributed by atoms with van der Waals surface area (Å²) in [6.07, 6.45) is -4.37. The van der Waals surface area contributed by atoms with Gasteiger partial charge in [0.25, 0.3) is 0 Å². The van der Waals surface area contributed by atoms with Gasteiger partial charge < -0.3 is 0 Å². The minimum atomic E-state index is -4.37. The summed E-state index contributed by atoms with van der Waals surface area (Å²) < 4.78 is 54.6. The highest BCUT2D eigenvalue weighted by Crippen LogP contribution is 2.25. The van der Waals surface area contributed by atoms with E-state index in [1.165, 1.54) is 0 Å². The zero-order valence-corrected chi connectivity index (χ0v) is 6.49. The first-order valence-electron chi connectivity index (χ1n) is 2.67. The Morgan fingerprint density at radius 3 is 1.58 bits per heavy atom. The number of halogens is 6. The molecule has 1 atom stereocenters. The predicted octanol–water partition coefficient (Wildman–Crippen LogP) is 2.82. The van der Waals surface area contributed by atoms with Gasteiger partial charge in [-0.3, -0.25) is 9.09 Å². The van der Waals surface area contributed by atoms with Crippen molar-refractivity contribution >= 4 is 0 Å². The first-order chi connectivity index (χ1) is 4.90. The third-order valence-corrected chi connectivity index (χ3v) is 0.790. The van der Waals surface area contributed by atoms with Gasteiger partial charge in [0.1, 0.15) is 6.67 Å². The smallest absolute Gasteiger partial charge is 0.269 e. The molecule has 0 aliphatic rings. The predicted molar refractivity (Wildman–Crippen MR) is 31.8 cm³/mol. The summed E-state index contributed by atoms with van der Waals surface area (Å²) in [7, 11) is 0.958. The van der Waals surface area contributed by atoms with E-state index in [4.69, 9.17) is 0 Å². The van der Waals surface area contributed by atoms with E-state index in [1.807, 2.05) is 0 Å². The van der Waals surface area contributed by atoms with E-state index < -0.39 is 18.8 Å². The molecule has 1 nitrogen and oxygen atoms in total. The molecule has 1 unspecified atom stereocenters. The Kier molecular flexibility index (Phi) is 12.6. The maximum absolute atomic E-state index is 11.2. The maximum atomic E-state index is 11.2.